The minimum atomic E-state index is -0.726. The molecule has 0 saturated carbocycles. The second-order valence-corrected chi connectivity index (χ2v) is 9.78. The maximum Gasteiger partial charge on any atom is 0.290 e. The molecule has 2 aromatic heterocycles. The molecule has 0 spiro atoms. The minimum Gasteiger partial charge on any atom is -0.503 e. The van der Waals surface area contributed by atoms with Crippen molar-refractivity contribution in [1.29, 1.82) is 0 Å². The minimum absolute atomic E-state index is 0.0823. The Bertz CT molecular complexity index is 1500. The second-order valence-electron chi connectivity index (χ2n) is 8.81. The molecule has 3 heterocycles. The summed E-state index contributed by atoms with van der Waals surface area (Å²) in [6, 6.07) is 14.3. The van der Waals surface area contributed by atoms with Gasteiger partial charge in [0, 0.05) is 18.8 Å². The molecule has 2 aromatic carbocycles. The topological polar surface area (TPSA) is 87.4 Å². The van der Waals surface area contributed by atoms with E-state index in [1.54, 1.807) is 24.1 Å². The number of aliphatic hydroxyl groups is 1. The number of imidazole rings is 1. The molecule has 5 rings (SSSR count). The number of carbonyl (C=O) groups is 2. The molecule has 4 aromatic rings. The SMILES string of the molecule is COc1cccc(C2C(C(=O)c3sc4nc5ccccc5n4c3C)=C(O)C(=O)N2CCN(C)C)c1. The Balaban J connectivity index is 1.63. The number of ketones is 1. The van der Waals surface area contributed by atoms with Gasteiger partial charge in [0.15, 0.2) is 10.7 Å². The summed E-state index contributed by atoms with van der Waals surface area (Å²) in [5, 5.41) is 11.0. The summed E-state index contributed by atoms with van der Waals surface area (Å²) in [6.07, 6.45) is 0. The molecule has 1 N–H and O–H groups in total. The highest BCUT2D eigenvalue weighted by Gasteiger charge is 2.44. The summed E-state index contributed by atoms with van der Waals surface area (Å²) in [6.45, 7) is 2.80. The van der Waals surface area contributed by atoms with Crippen LogP contribution in [0.5, 0.6) is 5.75 Å². The maximum absolute atomic E-state index is 14.0. The number of amides is 1. The Hall–Kier alpha value is -3.69. The molecule has 8 nitrogen and oxygen atoms in total. The standard InChI is InChI=1S/C26H26N4O4S/c1-15-24(35-26-27-18-10-5-6-11-19(18)30(15)26)22(31)20-21(16-8-7-9-17(14-16)34-4)29(13-12-28(2)3)25(33)23(20)32/h5-11,14,21,32H,12-13H2,1-4H3. The first-order valence-corrected chi connectivity index (χ1v) is 12.1. The number of benzene rings is 2. The van der Waals surface area contributed by atoms with Gasteiger partial charge in [-0.15, -0.1) is 0 Å². The third-order valence-electron chi connectivity index (χ3n) is 6.34. The van der Waals surface area contributed by atoms with Crippen molar-refractivity contribution >= 4 is 39.0 Å². The Kier molecular flexibility index (Phi) is 5.82. The summed E-state index contributed by atoms with van der Waals surface area (Å²) >= 11 is 1.27. The zero-order chi connectivity index (χ0) is 24.9. The fourth-order valence-electron chi connectivity index (χ4n) is 4.58. The predicted octanol–water partition coefficient (Wildman–Crippen LogP) is 4.01. The molecular formula is C26H26N4O4S. The van der Waals surface area contributed by atoms with Gasteiger partial charge in [-0.3, -0.25) is 14.0 Å². The number of para-hydroxylation sites is 2. The summed E-state index contributed by atoms with van der Waals surface area (Å²) in [4.78, 5) is 36.5. The normalized spacial score (nSPS) is 16.3. The van der Waals surface area contributed by atoms with Crippen LogP contribution in [-0.2, 0) is 4.79 Å². The molecule has 35 heavy (non-hydrogen) atoms. The van der Waals surface area contributed by atoms with E-state index in [4.69, 9.17) is 4.74 Å². The number of nitrogens with zero attached hydrogens (tertiary/aromatic N) is 4. The fourth-order valence-corrected chi connectivity index (χ4v) is 5.67. The van der Waals surface area contributed by atoms with Gasteiger partial charge in [-0.2, -0.15) is 0 Å². The van der Waals surface area contributed by atoms with Gasteiger partial charge >= 0.3 is 0 Å². The van der Waals surface area contributed by atoms with Crippen LogP contribution < -0.4 is 4.74 Å². The smallest absolute Gasteiger partial charge is 0.290 e. The van der Waals surface area contributed by atoms with Gasteiger partial charge < -0.3 is 19.6 Å². The van der Waals surface area contributed by atoms with Gasteiger partial charge in [-0.25, -0.2) is 4.98 Å². The van der Waals surface area contributed by atoms with Crippen LogP contribution in [0.25, 0.3) is 16.0 Å². The first-order valence-electron chi connectivity index (χ1n) is 11.3. The highest BCUT2D eigenvalue weighted by Crippen LogP contribution is 2.41. The van der Waals surface area contributed by atoms with E-state index in [2.05, 4.69) is 4.98 Å². The molecule has 0 radical (unpaired) electrons. The average molecular weight is 491 g/mol. The van der Waals surface area contributed by atoms with E-state index in [0.717, 1.165) is 16.7 Å². The highest BCUT2D eigenvalue weighted by molar-refractivity contribution is 7.19. The van der Waals surface area contributed by atoms with Crippen LogP contribution in [0.1, 0.15) is 27.0 Å². The van der Waals surface area contributed by atoms with Crippen molar-refractivity contribution in [3.8, 4) is 5.75 Å². The van der Waals surface area contributed by atoms with E-state index in [9.17, 15) is 14.7 Å². The lowest BCUT2D eigenvalue weighted by molar-refractivity contribution is -0.129. The molecular weight excluding hydrogens is 464 g/mol. The fraction of sp³-hybridized carbons (Fsp3) is 0.269. The van der Waals surface area contributed by atoms with E-state index in [1.165, 1.54) is 11.3 Å². The van der Waals surface area contributed by atoms with Crippen LogP contribution in [0.3, 0.4) is 0 Å². The van der Waals surface area contributed by atoms with Crippen molar-refractivity contribution in [3.63, 3.8) is 0 Å². The number of hydrogen-bond donors (Lipinski definition) is 1. The monoisotopic (exact) mass is 490 g/mol. The Morgan fingerprint density at radius 3 is 2.71 bits per heavy atom. The molecule has 0 saturated heterocycles. The lowest BCUT2D eigenvalue weighted by Gasteiger charge is -2.28. The summed E-state index contributed by atoms with van der Waals surface area (Å²) in [7, 11) is 5.39. The van der Waals surface area contributed by atoms with Crippen LogP contribution in [0.15, 0.2) is 59.9 Å². The lowest BCUT2D eigenvalue weighted by Crippen LogP contribution is -2.36. The van der Waals surface area contributed by atoms with Gasteiger partial charge in [0.25, 0.3) is 5.91 Å². The van der Waals surface area contributed by atoms with E-state index >= 15 is 0 Å². The third-order valence-corrected chi connectivity index (χ3v) is 7.48. The van der Waals surface area contributed by atoms with Gasteiger partial charge in [0.2, 0.25) is 5.78 Å². The van der Waals surface area contributed by atoms with E-state index < -0.39 is 17.7 Å². The van der Waals surface area contributed by atoms with Crippen molar-refractivity contribution in [2.75, 3.05) is 34.3 Å². The van der Waals surface area contributed by atoms with Crippen molar-refractivity contribution in [3.05, 3.63) is 76.0 Å². The third kappa shape index (κ3) is 3.77. The van der Waals surface area contributed by atoms with E-state index in [0.29, 0.717) is 34.2 Å². The van der Waals surface area contributed by atoms with Crippen molar-refractivity contribution in [2.45, 2.75) is 13.0 Å². The number of aryl methyl sites for hydroxylation is 1. The van der Waals surface area contributed by atoms with Gasteiger partial charge in [0.1, 0.15) is 5.75 Å². The van der Waals surface area contributed by atoms with Crippen LogP contribution in [0, 0.1) is 6.92 Å². The quantitative estimate of drug-likeness (QED) is 0.394. The first-order chi connectivity index (χ1) is 16.8. The molecule has 9 heteroatoms. The predicted molar refractivity (Wildman–Crippen MR) is 135 cm³/mol. The number of Topliss-reactive ketones (excluding diaryl/α,β-unsaturated/α-hetero) is 1. The first kappa shape index (κ1) is 23.1. The number of hydrogen-bond acceptors (Lipinski definition) is 7. The number of aromatic nitrogens is 2. The Morgan fingerprint density at radius 2 is 1.97 bits per heavy atom. The Labute approximate surface area is 206 Å². The number of fused-ring (bicyclic) bond motifs is 3. The van der Waals surface area contributed by atoms with Gasteiger partial charge in [-0.1, -0.05) is 35.6 Å². The molecule has 0 bridgehead atoms. The second kappa shape index (κ2) is 8.83. The van der Waals surface area contributed by atoms with Crippen LogP contribution in [0.4, 0.5) is 0 Å². The van der Waals surface area contributed by atoms with Gasteiger partial charge in [0.05, 0.1) is 34.6 Å². The van der Waals surface area contributed by atoms with Gasteiger partial charge in [-0.05, 0) is 50.8 Å². The van der Waals surface area contributed by atoms with Crippen molar-refractivity contribution < 1.29 is 19.4 Å². The number of aliphatic hydroxyl groups excluding tert-OH is 1. The molecule has 1 unspecified atom stereocenters. The zero-order valence-electron chi connectivity index (χ0n) is 20.0. The van der Waals surface area contributed by atoms with E-state index in [1.807, 2.05) is 66.7 Å². The molecule has 1 aliphatic heterocycles. The maximum atomic E-state index is 14.0. The Morgan fingerprint density at radius 1 is 1.20 bits per heavy atom. The summed E-state index contributed by atoms with van der Waals surface area (Å²) in [5.74, 6) is -0.810. The number of likely N-dealkylation sites (N-methyl/N-ethyl adjacent to an activating group) is 1. The molecule has 0 aliphatic carbocycles. The number of methoxy groups -OCH3 is 1. The molecule has 180 valence electrons. The van der Waals surface area contributed by atoms with E-state index in [-0.39, 0.29) is 11.4 Å². The summed E-state index contributed by atoms with van der Waals surface area (Å²) < 4.78 is 7.34. The molecule has 0 fully saturated rings. The average Bonchev–Trinajstić information content (AvgIpc) is 3.46. The number of rotatable bonds is 7. The number of carbonyl (C=O) groups excluding carboxylic acids is 2. The van der Waals surface area contributed by atoms with Crippen LogP contribution in [0.2, 0.25) is 0 Å². The van der Waals surface area contributed by atoms with Crippen molar-refractivity contribution in [1.82, 2.24) is 19.2 Å². The zero-order valence-corrected chi connectivity index (χ0v) is 20.8. The van der Waals surface area contributed by atoms with Crippen molar-refractivity contribution in [2.24, 2.45) is 0 Å². The molecule has 1 atom stereocenters. The number of thiazole rings is 1. The molecule has 1 aliphatic rings. The highest BCUT2D eigenvalue weighted by atomic mass is 32.1. The largest absolute Gasteiger partial charge is 0.503 e. The lowest BCUT2D eigenvalue weighted by atomic mass is 9.95. The van der Waals surface area contributed by atoms with Crippen LogP contribution in [-0.4, -0.2) is 70.3 Å². The number of ether oxygens (including phenoxy) is 1. The van der Waals surface area contributed by atoms with Crippen LogP contribution >= 0.6 is 11.3 Å². The molecule has 1 amide bonds. The summed E-state index contributed by atoms with van der Waals surface area (Å²) in [5.41, 5.74) is 3.27.